The van der Waals surface area contributed by atoms with Crippen LogP contribution in [0.5, 0.6) is 0 Å². The Morgan fingerprint density at radius 3 is 2.04 bits per heavy atom. The minimum atomic E-state index is -0.560. The fourth-order valence-electron chi connectivity index (χ4n) is 2.97. The summed E-state index contributed by atoms with van der Waals surface area (Å²) in [5, 5.41) is 3.49. The Hall–Kier alpha value is -2.53. The van der Waals surface area contributed by atoms with E-state index in [9.17, 15) is 8.78 Å². The van der Waals surface area contributed by atoms with E-state index in [4.69, 9.17) is 10.5 Å². The van der Waals surface area contributed by atoms with Crippen molar-refractivity contribution in [1.82, 2.24) is 0 Å². The number of rotatable bonds is 3. The van der Waals surface area contributed by atoms with Crippen molar-refractivity contribution in [3.8, 4) is 11.1 Å². The number of nitrogens with one attached hydrogen (secondary N) is 1. The Morgan fingerprint density at radius 2 is 1.50 bits per heavy atom. The second-order valence-corrected chi connectivity index (χ2v) is 5.96. The summed E-state index contributed by atoms with van der Waals surface area (Å²) in [6.07, 6.45) is 4.26. The molecule has 0 unspecified atom stereocenters. The smallest absolute Gasteiger partial charge is 0.133 e. The van der Waals surface area contributed by atoms with Crippen molar-refractivity contribution in [1.29, 1.82) is 0 Å². The average Bonchev–Trinajstić information content (AvgIpc) is 2.68. The number of anilines is 1. The third kappa shape index (κ3) is 6.08. The minimum Gasteiger partial charge on any atom is -0.382 e. The van der Waals surface area contributed by atoms with Gasteiger partial charge in [-0.05, 0) is 55.5 Å². The Balaban J connectivity index is 0.000000791. The molecule has 0 bridgehead atoms. The van der Waals surface area contributed by atoms with Crippen molar-refractivity contribution < 1.29 is 13.6 Å². The van der Waals surface area contributed by atoms with Crippen LogP contribution in [-0.2, 0) is 4.79 Å². The molecule has 0 heterocycles. The van der Waals surface area contributed by atoms with Gasteiger partial charge in [0.05, 0.1) is 0 Å². The van der Waals surface area contributed by atoms with Crippen molar-refractivity contribution in [2.45, 2.75) is 37.8 Å². The molecule has 0 saturated heterocycles. The highest BCUT2D eigenvalue weighted by atomic mass is 19.1. The van der Waals surface area contributed by atoms with Gasteiger partial charge in [0.15, 0.2) is 0 Å². The molecule has 140 valence electrons. The molecular formula is C21H26F2N2O. The van der Waals surface area contributed by atoms with E-state index in [1.165, 1.54) is 12.1 Å². The van der Waals surface area contributed by atoms with Crippen LogP contribution in [-0.4, -0.2) is 18.9 Å². The summed E-state index contributed by atoms with van der Waals surface area (Å²) in [6, 6.07) is 12.0. The summed E-state index contributed by atoms with van der Waals surface area (Å²) in [5.41, 5.74) is 8.09. The Labute approximate surface area is 153 Å². The highest BCUT2D eigenvalue weighted by Gasteiger charge is 2.18. The van der Waals surface area contributed by atoms with E-state index in [0.29, 0.717) is 17.6 Å². The van der Waals surface area contributed by atoms with Crippen molar-refractivity contribution in [3.63, 3.8) is 0 Å². The van der Waals surface area contributed by atoms with E-state index in [0.717, 1.165) is 43.0 Å². The lowest BCUT2D eigenvalue weighted by Gasteiger charge is -2.27. The molecule has 1 aliphatic rings. The van der Waals surface area contributed by atoms with Gasteiger partial charge in [-0.15, -0.1) is 13.2 Å². The summed E-state index contributed by atoms with van der Waals surface area (Å²) in [6.45, 7) is 8.00. The summed E-state index contributed by atoms with van der Waals surface area (Å²) in [7, 11) is 0. The normalized spacial score (nSPS) is 18.6. The number of hydrogen-bond acceptors (Lipinski definition) is 3. The van der Waals surface area contributed by atoms with Crippen LogP contribution < -0.4 is 11.1 Å². The van der Waals surface area contributed by atoms with Gasteiger partial charge in [0.1, 0.15) is 18.4 Å². The Bertz CT molecular complexity index is 666. The molecule has 5 heteroatoms. The zero-order valence-electron chi connectivity index (χ0n) is 14.9. The van der Waals surface area contributed by atoms with E-state index < -0.39 is 11.6 Å². The number of halogens is 2. The zero-order chi connectivity index (χ0) is 19.5. The lowest BCUT2D eigenvalue weighted by molar-refractivity contribution is -0.0979. The van der Waals surface area contributed by atoms with Crippen LogP contribution in [0.15, 0.2) is 55.6 Å². The van der Waals surface area contributed by atoms with Gasteiger partial charge >= 0.3 is 0 Å². The molecule has 2 aromatic rings. The first-order valence-electron chi connectivity index (χ1n) is 8.48. The van der Waals surface area contributed by atoms with Crippen LogP contribution in [0.1, 0.15) is 25.7 Å². The monoisotopic (exact) mass is 360 g/mol. The first-order valence-corrected chi connectivity index (χ1v) is 8.48. The van der Waals surface area contributed by atoms with Crippen molar-refractivity contribution in [2.75, 3.05) is 5.32 Å². The maximum atomic E-state index is 13.8. The van der Waals surface area contributed by atoms with Crippen LogP contribution in [0.4, 0.5) is 14.5 Å². The highest BCUT2D eigenvalue weighted by molar-refractivity contribution is 5.66. The molecular weight excluding hydrogens is 334 g/mol. The van der Waals surface area contributed by atoms with Crippen LogP contribution >= 0.6 is 0 Å². The maximum Gasteiger partial charge on any atom is 0.133 e. The van der Waals surface area contributed by atoms with Gasteiger partial charge in [-0.3, -0.25) is 0 Å². The number of hydrogen-bond donors (Lipinski definition) is 2. The molecule has 3 N–H and O–H groups in total. The summed E-state index contributed by atoms with van der Waals surface area (Å²) >= 11 is 0. The number of carbonyl (C=O) groups is 1. The van der Waals surface area contributed by atoms with Crippen LogP contribution in [0.3, 0.4) is 0 Å². The van der Waals surface area contributed by atoms with Crippen LogP contribution in [0.2, 0.25) is 0 Å². The Morgan fingerprint density at radius 1 is 0.923 bits per heavy atom. The van der Waals surface area contributed by atoms with E-state index in [1.807, 2.05) is 31.1 Å². The molecule has 0 aliphatic heterocycles. The molecule has 0 spiro atoms. The van der Waals surface area contributed by atoms with Crippen molar-refractivity contribution in [2.24, 2.45) is 5.73 Å². The van der Waals surface area contributed by atoms with Gasteiger partial charge in [0.2, 0.25) is 0 Å². The molecule has 26 heavy (non-hydrogen) atoms. The molecule has 0 amide bonds. The van der Waals surface area contributed by atoms with Crippen LogP contribution in [0, 0.1) is 11.6 Å². The van der Waals surface area contributed by atoms with E-state index in [2.05, 4.69) is 18.5 Å². The molecule has 1 saturated carbocycles. The molecule has 3 rings (SSSR count). The standard InChI is InChI=1S/C18H20F2N2.C2H4.CH2O/c19-13-3-10-17(18(20)11-13)12-1-6-15(7-2-12)22-16-8-4-14(21)5-9-16;2*1-2/h1-3,6-7,10-11,14,16,22H,4-5,8-9,21H2;1-2H2;1H2. The molecule has 3 nitrogen and oxygen atoms in total. The van der Waals surface area contributed by atoms with Gasteiger partial charge in [-0.2, -0.15) is 0 Å². The van der Waals surface area contributed by atoms with E-state index in [-0.39, 0.29) is 0 Å². The summed E-state index contributed by atoms with van der Waals surface area (Å²) in [5.74, 6) is -1.10. The zero-order valence-corrected chi connectivity index (χ0v) is 14.9. The molecule has 1 aliphatic carbocycles. The predicted molar refractivity (Wildman–Crippen MR) is 104 cm³/mol. The Kier molecular flexibility index (Phi) is 9.23. The number of carbonyl (C=O) groups excluding carboxylic acids is 1. The fraction of sp³-hybridized carbons (Fsp3) is 0.286. The maximum absolute atomic E-state index is 13.8. The highest BCUT2D eigenvalue weighted by Crippen LogP contribution is 2.26. The van der Waals surface area contributed by atoms with Gasteiger partial charge in [-0.1, -0.05) is 12.1 Å². The minimum absolute atomic E-state index is 0.335. The van der Waals surface area contributed by atoms with Gasteiger partial charge in [0.25, 0.3) is 0 Å². The summed E-state index contributed by atoms with van der Waals surface area (Å²) in [4.78, 5) is 8.00. The fourth-order valence-corrected chi connectivity index (χ4v) is 2.97. The van der Waals surface area contributed by atoms with Crippen LogP contribution in [0.25, 0.3) is 11.1 Å². The van der Waals surface area contributed by atoms with Gasteiger partial charge in [0, 0.05) is 29.4 Å². The third-order valence-corrected chi connectivity index (χ3v) is 4.27. The number of benzene rings is 2. The first kappa shape index (κ1) is 21.5. The number of nitrogens with two attached hydrogens (primary N) is 1. The summed E-state index contributed by atoms with van der Waals surface area (Å²) < 4.78 is 26.7. The molecule has 0 radical (unpaired) electrons. The lowest BCUT2D eigenvalue weighted by Crippen LogP contribution is -2.32. The van der Waals surface area contributed by atoms with Gasteiger partial charge < -0.3 is 15.8 Å². The second kappa shape index (κ2) is 11.2. The largest absolute Gasteiger partial charge is 0.382 e. The van der Waals surface area contributed by atoms with E-state index in [1.54, 1.807) is 0 Å². The van der Waals surface area contributed by atoms with Crippen molar-refractivity contribution in [3.05, 3.63) is 67.3 Å². The first-order chi connectivity index (χ1) is 12.6. The van der Waals surface area contributed by atoms with Gasteiger partial charge in [-0.25, -0.2) is 8.78 Å². The third-order valence-electron chi connectivity index (χ3n) is 4.27. The molecule has 0 atom stereocenters. The molecule has 1 fully saturated rings. The van der Waals surface area contributed by atoms with E-state index >= 15 is 0 Å². The topological polar surface area (TPSA) is 55.1 Å². The SMILES string of the molecule is C=C.C=O.NC1CCC(Nc2ccc(-c3ccc(F)cc3F)cc2)CC1. The lowest BCUT2D eigenvalue weighted by atomic mass is 9.91. The average molecular weight is 360 g/mol. The second-order valence-electron chi connectivity index (χ2n) is 5.96. The predicted octanol–water partition coefficient (Wildman–Crippen LogP) is 4.93. The van der Waals surface area contributed by atoms with Crippen molar-refractivity contribution >= 4 is 12.5 Å². The molecule has 2 aromatic carbocycles. The molecule has 0 aromatic heterocycles. The quantitative estimate of drug-likeness (QED) is 0.763.